The van der Waals surface area contributed by atoms with Crippen LogP contribution in [-0.2, 0) is 14.3 Å². The van der Waals surface area contributed by atoms with E-state index in [4.69, 9.17) is 4.74 Å². The van der Waals surface area contributed by atoms with Gasteiger partial charge in [0.05, 0.1) is 7.11 Å². The van der Waals surface area contributed by atoms with Crippen LogP contribution in [0.3, 0.4) is 0 Å². The molecule has 1 aliphatic rings. The second kappa shape index (κ2) is 6.58. The molecule has 5 nitrogen and oxygen atoms in total. The van der Waals surface area contributed by atoms with Gasteiger partial charge in [0.2, 0.25) is 5.91 Å². The fourth-order valence-corrected chi connectivity index (χ4v) is 2.63. The summed E-state index contributed by atoms with van der Waals surface area (Å²) in [7, 11) is 1.37. The molecule has 1 N–H and O–H groups in total. The molecule has 1 aromatic rings. The van der Waals surface area contributed by atoms with E-state index in [1.807, 2.05) is 43.0 Å². The third-order valence-corrected chi connectivity index (χ3v) is 4.03. The first kappa shape index (κ1) is 16.0. The molecule has 21 heavy (non-hydrogen) atoms. The SMILES string of the molecule is COC(=O)[C@@H](C(C)C)N1C[C@H]1C(=O)Nc1ccc(Br)cc1. The minimum Gasteiger partial charge on any atom is -0.468 e. The van der Waals surface area contributed by atoms with Crippen LogP contribution >= 0.6 is 15.9 Å². The number of amides is 1. The van der Waals surface area contributed by atoms with E-state index in [0.29, 0.717) is 6.54 Å². The average molecular weight is 355 g/mol. The lowest BCUT2D eigenvalue weighted by molar-refractivity contribution is -0.146. The number of rotatable bonds is 5. The Morgan fingerprint density at radius 2 is 1.95 bits per heavy atom. The van der Waals surface area contributed by atoms with Crippen LogP contribution in [-0.4, -0.2) is 42.5 Å². The molecule has 1 unspecified atom stereocenters. The monoisotopic (exact) mass is 354 g/mol. The van der Waals surface area contributed by atoms with Gasteiger partial charge in [0, 0.05) is 16.7 Å². The summed E-state index contributed by atoms with van der Waals surface area (Å²) in [5, 5.41) is 2.86. The zero-order chi connectivity index (χ0) is 15.6. The summed E-state index contributed by atoms with van der Waals surface area (Å²) in [6.45, 7) is 4.48. The molecule has 0 radical (unpaired) electrons. The molecule has 0 saturated carbocycles. The van der Waals surface area contributed by atoms with E-state index in [0.717, 1.165) is 10.2 Å². The maximum absolute atomic E-state index is 12.2. The van der Waals surface area contributed by atoms with Crippen LogP contribution in [0.4, 0.5) is 5.69 Å². The Kier molecular flexibility index (Phi) is 5.00. The maximum atomic E-state index is 12.2. The highest BCUT2D eigenvalue weighted by Gasteiger charge is 2.48. The van der Waals surface area contributed by atoms with Crippen molar-refractivity contribution in [3.8, 4) is 0 Å². The van der Waals surface area contributed by atoms with Crippen molar-refractivity contribution in [2.75, 3.05) is 19.0 Å². The number of esters is 1. The van der Waals surface area contributed by atoms with Crippen LogP contribution in [0.2, 0.25) is 0 Å². The molecule has 1 fully saturated rings. The Morgan fingerprint density at radius 3 is 2.48 bits per heavy atom. The largest absolute Gasteiger partial charge is 0.468 e. The van der Waals surface area contributed by atoms with E-state index >= 15 is 0 Å². The van der Waals surface area contributed by atoms with Gasteiger partial charge in [0.15, 0.2) is 0 Å². The van der Waals surface area contributed by atoms with E-state index in [1.165, 1.54) is 7.11 Å². The number of hydrogen-bond acceptors (Lipinski definition) is 4. The molecule has 0 aromatic heterocycles. The number of hydrogen-bond donors (Lipinski definition) is 1. The van der Waals surface area contributed by atoms with Crippen LogP contribution in [0, 0.1) is 5.92 Å². The van der Waals surface area contributed by atoms with Gasteiger partial charge in [-0.25, -0.2) is 0 Å². The molecule has 1 heterocycles. The van der Waals surface area contributed by atoms with Gasteiger partial charge in [-0.15, -0.1) is 0 Å². The normalized spacial score (nSPS) is 21.8. The van der Waals surface area contributed by atoms with E-state index in [-0.39, 0.29) is 29.9 Å². The van der Waals surface area contributed by atoms with Crippen LogP contribution in [0.15, 0.2) is 28.7 Å². The lowest BCUT2D eigenvalue weighted by Crippen LogP contribution is -2.38. The molecular weight excluding hydrogens is 336 g/mol. The summed E-state index contributed by atoms with van der Waals surface area (Å²) in [6, 6.07) is 6.76. The van der Waals surface area contributed by atoms with Gasteiger partial charge in [0.1, 0.15) is 12.1 Å². The lowest BCUT2D eigenvalue weighted by atomic mass is 10.0. The molecule has 0 bridgehead atoms. The van der Waals surface area contributed by atoms with Gasteiger partial charge in [-0.3, -0.25) is 14.5 Å². The molecule has 2 rings (SSSR count). The highest BCUT2D eigenvalue weighted by Crippen LogP contribution is 2.28. The van der Waals surface area contributed by atoms with Crippen molar-refractivity contribution in [1.29, 1.82) is 0 Å². The summed E-state index contributed by atoms with van der Waals surface area (Å²) in [4.78, 5) is 25.9. The van der Waals surface area contributed by atoms with Crippen molar-refractivity contribution in [2.45, 2.75) is 25.9 Å². The number of nitrogens with zero attached hydrogens (tertiary/aromatic N) is 1. The third kappa shape index (κ3) is 3.83. The molecule has 1 saturated heterocycles. The number of carbonyl (C=O) groups excluding carboxylic acids is 2. The quantitative estimate of drug-likeness (QED) is 0.650. The highest BCUT2D eigenvalue weighted by molar-refractivity contribution is 9.10. The van der Waals surface area contributed by atoms with E-state index in [9.17, 15) is 9.59 Å². The molecule has 0 spiro atoms. The molecule has 1 amide bonds. The predicted molar refractivity (Wildman–Crippen MR) is 83.9 cm³/mol. The summed E-state index contributed by atoms with van der Waals surface area (Å²) in [5.74, 6) is -0.279. The zero-order valence-corrected chi connectivity index (χ0v) is 13.9. The first-order chi connectivity index (χ1) is 9.93. The van der Waals surface area contributed by atoms with Gasteiger partial charge < -0.3 is 10.1 Å². The minimum absolute atomic E-state index is 0.0909. The van der Waals surface area contributed by atoms with Gasteiger partial charge in [-0.05, 0) is 30.2 Å². The Labute approximate surface area is 132 Å². The van der Waals surface area contributed by atoms with E-state index < -0.39 is 0 Å². The summed E-state index contributed by atoms with van der Waals surface area (Å²) < 4.78 is 5.77. The van der Waals surface area contributed by atoms with Crippen molar-refractivity contribution >= 4 is 33.5 Å². The summed E-state index contributed by atoms with van der Waals surface area (Å²) >= 11 is 3.35. The molecule has 1 aliphatic heterocycles. The minimum atomic E-state index is -0.365. The number of anilines is 1. The number of carbonyl (C=O) groups is 2. The first-order valence-electron chi connectivity index (χ1n) is 6.84. The second-order valence-electron chi connectivity index (χ2n) is 5.42. The third-order valence-electron chi connectivity index (χ3n) is 3.50. The van der Waals surface area contributed by atoms with Crippen molar-refractivity contribution in [3.63, 3.8) is 0 Å². The number of methoxy groups -OCH3 is 1. The standard InChI is InChI=1S/C15H19BrN2O3/c1-9(2)13(15(20)21-3)18-8-12(18)14(19)17-11-6-4-10(16)5-7-11/h4-7,9,12-13H,8H2,1-3H3,(H,17,19)/t12-,13+,18?/m0/s1. The van der Waals surface area contributed by atoms with Crippen molar-refractivity contribution in [3.05, 3.63) is 28.7 Å². The molecule has 0 aliphatic carbocycles. The average Bonchev–Trinajstić information content (AvgIpc) is 3.21. The van der Waals surface area contributed by atoms with Crippen LogP contribution in [0.5, 0.6) is 0 Å². The van der Waals surface area contributed by atoms with Crippen molar-refractivity contribution in [1.82, 2.24) is 4.90 Å². The second-order valence-corrected chi connectivity index (χ2v) is 6.34. The lowest BCUT2D eigenvalue weighted by Gasteiger charge is -2.20. The topological polar surface area (TPSA) is 58.4 Å². The molecule has 6 heteroatoms. The van der Waals surface area contributed by atoms with Crippen LogP contribution < -0.4 is 5.32 Å². The number of ether oxygens (including phenoxy) is 1. The highest BCUT2D eigenvalue weighted by atomic mass is 79.9. The summed E-state index contributed by atoms with van der Waals surface area (Å²) in [5.41, 5.74) is 0.745. The van der Waals surface area contributed by atoms with Crippen LogP contribution in [0.1, 0.15) is 13.8 Å². The van der Waals surface area contributed by atoms with Crippen molar-refractivity contribution < 1.29 is 14.3 Å². The van der Waals surface area contributed by atoms with Gasteiger partial charge in [-0.2, -0.15) is 0 Å². The number of halogens is 1. The molecular formula is C15H19BrN2O3. The first-order valence-corrected chi connectivity index (χ1v) is 7.63. The Hall–Kier alpha value is -1.40. The van der Waals surface area contributed by atoms with E-state index in [1.54, 1.807) is 0 Å². The van der Waals surface area contributed by atoms with Gasteiger partial charge >= 0.3 is 5.97 Å². The fraction of sp³-hybridized carbons (Fsp3) is 0.467. The number of benzene rings is 1. The maximum Gasteiger partial charge on any atom is 0.323 e. The molecule has 3 atom stereocenters. The molecule has 1 aromatic carbocycles. The Bertz CT molecular complexity index is 530. The predicted octanol–water partition coefficient (Wildman–Crippen LogP) is 2.27. The zero-order valence-electron chi connectivity index (χ0n) is 12.3. The molecule has 114 valence electrons. The fourth-order valence-electron chi connectivity index (χ4n) is 2.36. The van der Waals surface area contributed by atoms with Gasteiger partial charge in [0.25, 0.3) is 0 Å². The van der Waals surface area contributed by atoms with Crippen molar-refractivity contribution in [2.24, 2.45) is 5.92 Å². The number of nitrogens with one attached hydrogen (secondary N) is 1. The van der Waals surface area contributed by atoms with Gasteiger partial charge in [-0.1, -0.05) is 29.8 Å². The van der Waals surface area contributed by atoms with E-state index in [2.05, 4.69) is 21.2 Å². The Morgan fingerprint density at radius 1 is 1.33 bits per heavy atom. The Balaban J connectivity index is 1.96. The summed E-state index contributed by atoms with van der Waals surface area (Å²) in [6.07, 6.45) is 0. The smallest absolute Gasteiger partial charge is 0.323 e. The van der Waals surface area contributed by atoms with Crippen LogP contribution in [0.25, 0.3) is 0 Å².